The number of likely N-dealkylation sites (tertiary alicyclic amines) is 1. The summed E-state index contributed by atoms with van der Waals surface area (Å²) in [6.07, 6.45) is 2.79. The van der Waals surface area contributed by atoms with Crippen LogP contribution in [0.3, 0.4) is 0 Å². The molecule has 1 saturated heterocycles. The number of hydrogen-bond donors (Lipinski definition) is 2. The van der Waals surface area contributed by atoms with Gasteiger partial charge in [0.2, 0.25) is 5.91 Å². The number of rotatable bonds is 5. The molecule has 1 unspecified atom stereocenters. The van der Waals surface area contributed by atoms with E-state index in [0.717, 1.165) is 0 Å². The highest BCUT2D eigenvalue weighted by Gasteiger charge is 2.42. The van der Waals surface area contributed by atoms with Crippen LogP contribution < -0.4 is 5.32 Å². The fourth-order valence-corrected chi connectivity index (χ4v) is 6.00. The number of fused-ring (bicyclic) bond motifs is 3. The number of carboxylic acids is 1. The topological polar surface area (TPSA) is 95.9 Å². The zero-order chi connectivity index (χ0) is 24.6. The third-order valence-electron chi connectivity index (χ3n) is 7.97. The molecule has 0 spiro atoms. The van der Waals surface area contributed by atoms with Gasteiger partial charge in [-0.05, 0) is 61.3 Å². The van der Waals surface area contributed by atoms with Crippen molar-refractivity contribution in [2.45, 2.75) is 51.0 Å². The summed E-state index contributed by atoms with van der Waals surface area (Å²) in [5, 5.41) is 12.5. The van der Waals surface area contributed by atoms with Crippen molar-refractivity contribution < 1.29 is 24.2 Å². The van der Waals surface area contributed by atoms with Gasteiger partial charge in [0.25, 0.3) is 0 Å². The smallest absolute Gasteiger partial charge is 0.407 e. The number of hydrogen-bond acceptors (Lipinski definition) is 4. The van der Waals surface area contributed by atoms with Gasteiger partial charge in [0.1, 0.15) is 6.61 Å². The molecule has 3 atom stereocenters. The van der Waals surface area contributed by atoms with Gasteiger partial charge in [-0.3, -0.25) is 9.59 Å². The quantitative estimate of drug-likeness (QED) is 0.667. The molecule has 184 valence electrons. The van der Waals surface area contributed by atoms with Crippen LogP contribution in [0, 0.1) is 11.3 Å². The Hall–Kier alpha value is -3.35. The maximum absolute atomic E-state index is 13.1. The Kier molecular flexibility index (Phi) is 6.26. The van der Waals surface area contributed by atoms with E-state index in [2.05, 4.69) is 29.6 Å². The van der Waals surface area contributed by atoms with E-state index in [9.17, 15) is 19.5 Å². The second-order valence-electron chi connectivity index (χ2n) is 10.4. The SMILES string of the molecule is CC1(C(=O)O)CCCN(C(=O)[C@@H]2CC[C@H](NC(=O)OCC3c4ccccc4-c4ccccc43)C2)C1. The zero-order valence-electron chi connectivity index (χ0n) is 20.0. The minimum Gasteiger partial charge on any atom is -0.481 e. The molecular formula is C28H32N2O5. The highest BCUT2D eigenvalue weighted by molar-refractivity contribution is 5.82. The number of carbonyl (C=O) groups excluding carboxylic acids is 2. The van der Waals surface area contributed by atoms with Crippen LogP contribution in [0.15, 0.2) is 48.5 Å². The molecule has 2 fully saturated rings. The van der Waals surface area contributed by atoms with Crippen molar-refractivity contribution in [3.63, 3.8) is 0 Å². The Morgan fingerprint density at radius 2 is 1.71 bits per heavy atom. The van der Waals surface area contributed by atoms with Crippen LogP contribution in [0.5, 0.6) is 0 Å². The van der Waals surface area contributed by atoms with Crippen molar-refractivity contribution in [1.82, 2.24) is 10.2 Å². The molecule has 2 aromatic carbocycles. The second-order valence-corrected chi connectivity index (χ2v) is 10.4. The van der Waals surface area contributed by atoms with Crippen LogP contribution >= 0.6 is 0 Å². The van der Waals surface area contributed by atoms with Crippen LogP contribution in [-0.4, -0.2) is 53.7 Å². The Balaban J connectivity index is 1.15. The third kappa shape index (κ3) is 4.51. The van der Waals surface area contributed by atoms with Gasteiger partial charge in [0.15, 0.2) is 0 Å². The van der Waals surface area contributed by atoms with Gasteiger partial charge in [0, 0.05) is 31.0 Å². The van der Waals surface area contributed by atoms with Crippen LogP contribution in [-0.2, 0) is 14.3 Å². The minimum atomic E-state index is -0.883. The summed E-state index contributed by atoms with van der Waals surface area (Å²) < 4.78 is 5.66. The summed E-state index contributed by atoms with van der Waals surface area (Å²) in [5.74, 6) is -1.02. The average Bonchev–Trinajstić information content (AvgIpc) is 3.45. The molecule has 2 N–H and O–H groups in total. The summed E-state index contributed by atoms with van der Waals surface area (Å²) in [7, 11) is 0. The molecule has 5 rings (SSSR count). The molecule has 1 heterocycles. The molecular weight excluding hydrogens is 444 g/mol. The van der Waals surface area contributed by atoms with Gasteiger partial charge in [0.05, 0.1) is 5.41 Å². The third-order valence-corrected chi connectivity index (χ3v) is 7.97. The molecule has 0 radical (unpaired) electrons. The monoisotopic (exact) mass is 476 g/mol. The molecule has 7 heteroatoms. The molecule has 35 heavy (non-hydrogen) atoms. The molecule has 2 aliphatic carbocycles. The largest absolute Gasteiger partial charge is 0.481 e. The van der Waals surface area contributed by atoms with Gasteiger partial charge < -0.3 is 20.1 Å². The van der Waals surface area contributed by atoms with Gasteiger partial charge in [-0.2, -0.15) is 0 Å². The normalized spacial score (nSPS) is 25.6. The Labute approximate surface area is 205 Å². The first-order valence-corrected chi connectivity index (χ1v) is 12.5. The summed E-state index contributed by atoms with van der Waals surface area (Å²) in [6, 6.07) is 16.3. The van der Waals surface area contributed by atoms with Crippen molar-refractivity contribution in [3.05, 3.63) is 59.7 Å². The van der Waals surface area contributed by atoms with E-state index in [1.54, 1.807) is 11.8 Å². The second kappa shape index (κ2) is 9.36. The number of nitrogens with zero attached hydrogens (tertiary/aromatic N) is 1. The van der Waals surface area contributed by atoms with E-state index in [1.807, 2.05) is 24.3 Å². The lowest BCUT2D eigenvalue weighted by molar-refractivity contribution is -0.154. The van der Waals surface area contributed by atoms with E-state index in [1.165, 1.54) is 22.3 Å². The van der Waals surface area contributed by atoms with Gasteiger partial charge in [-0.1, -0.05) is 48.5 Å². The molecule has 1 saturated carbocycles. The number of carboxylic acid groups (broad SMARTS) is 1. The standard InChI is InChI=1S/C28H32N2O5/c1-28(26(32)33)13-6-14-30(17-28)25(31)18-11-12-19(15-18)29-27(34)35-16-24-22-9-4-2-7-20(22)21-8-3-5-10-23(21)24/h2-5,7-10,18-19,24H,6,11-17H2,1H3,(H,29,34)(H,32,33)/t18-,19+,28?/m1/s1. The number of piperidine rings is 1. The Bertz CT molecular complexity index is 1100. The van der Waals surface area contributed by atoms with Crippen molar-refractivity contribution in [3.8, 4) is 11.1 Å². The number of carbonyl (C=O) groups is 3. The van der Waals surface area contributed by atoms with Crippen molar-refractivity contribution in [2.75, 3.05) is 19.7 Å². The molecule has 1 aliphatic heterocycles. The first-order valence-electron chi connectivity index (χ1n) is 12.5. The predicted octanol–water partition coefficient (Wildman–Crippen LogP) is 4.41. The molecule has 0 bridgehead atoms. The minimum absolute atomic E-state index is 0.00806. The maximum Gasteiger partial charge on any atom is 0.407 e. The van der Waals surface area contributed by atoms with Gasteiger partial charge in [-0.15, -0.1) is 0 Å². The van der Waals surface area contributed by atoms with E-state index >= 15 is 0 Å². The number of nitrogens with one attached hydrogen (secondary N) is 1. The first kappa shape index (κ1) is 23.4. The maximum atomic E-state index is 13.1. The van der Waals surface area contributed by atoms with E-state index in [0.29, 0.717) is 38.6 Å². The van der Waals surface area contributed by atoms with Gasteiger partial charge in [-0.25, -0.2) is 4.79 Å². The molecule has 2 amide bonds. The number of alkyl carbamates (subject to hydrolysis) is 1. The highest BCUT2D eigenvalue weighted by atomic mass is 16.5. The van der Waals surface area contributed by atoms with Crippen molar-refractivity contribution in [2.24, 2.45) is 11.3 Å². The fourth-order valence-electron chi connectivity index (χ4n) is 6.00. The van der Waals surface area contributed by atoms with E-state index in [4.69, 9.17) is 4.74 Å². The van der Waals surface area contributed by atoms with Crippen LogP contribution in [0.25, 0.3) is 11.1 Å². The number of benzene rings is 2. The number of ether oxygens (including phenoxy) is 1. The van der Waals surface area contributed by atoms with Crippen LogP contribution in [0.4, 0.5) is 4.79 Å². The zero-order valence-corrected chi connectivity index (χ0v) is 20.0. The lowest BCUT2D eigenvalue weighted by Crippen LogP contribution is -2.50. The van der Waals surface area contributed by atoms with Crippen molar-refractivity contribution in [1.29, 1.82) is 0 Å². The number of aliphatic carboxylic acids is 1. The predicted molar refractivity (Wildman–Crippen MR) is 131 cm³/mol. The highest BCUT2D eigenvalue weighted by Crippen LogP contribution is 2.44. The Morgan fingerprint density at radius 1 is 1.06 bits per heavy atom. The van der Waals surface area contributed by atoms with Crippen LogP contribution in [0.1, 0.15) is 56.1 Å². The first-order chi connectivity index (χ1) is 16.9. The lowest BCUT2D eigenvalue weighted by Gasteiger charge is -2.38. The van der Waals surface area contributed by atoms with Crippen molar-refractivity contribution >= 4 is 18.0 Å². The fraction of sp³-hybridized carbons (Fsp3) is 0.464. The summed E-state index contributed by atoms with van der Waals surface area (Å²) >= 11 is 0. The molecule has 0 aromatic heterocycles. The Morgan fingerprint density at radius 3 is 2.37 bits per heavy atom. The molecule has 2 aromatic rings. The van der Waals surface area contributed by atoms with Gasteiger partial charge >= 0.3 is 12.1 Å². The van der Waals surface area contributed by atoms with Crippen LogP contribution in [0.2, 0.25) is 0 Å². The lowest BCUT2D eigenvalue weighted by atomic mass is 9.81. The van der Waals surface area contributed by atoms with E-state index < -0.39 is 17.5 Å². The molecule has 7 nitrogen and oxygen atoms in total. The summed E-state index contributed by atoms with van der Waals surface area (Å²) in [6.45, 7) is 2.83. The number of amides is 2. The molecule has 3 aliphatic rings. The van der Waals surface area contributed by atoms with E-state index in [-0.39, 0.29) is 36.9 Å². The average molecular weight is 477 g/mol. The summed E-state index contributed by atoms with van der Waals surface area (Å²) in [5.41, 5.74) is 3.83. The summed E-state index contributed by atoms with van der Waals surface area (Å²) in [4.78, 5) is 39.0.